The van der Waals surface area contributed by atoms with E-state index in [1.165, 1.54) is 45.5 Å². The Labute approximate surface area is 202 Å². The Hall–Kier alpha value is -2.88. The van der Waals surface area contributed by atoms with Crippen molar-refractivity contribution in [2.24, 2.45) is 11.8 Å². The molecule has 0 spiro atoms. The standard InChI is InChI=1S/C30H34N2O2/c1-19-14-25(31-17-22-8-6-7-9-23(22)18-31)15-20(2)28(19)21-12-13-26-27(16-21)30(34)32(29(26)33)24-10-4-3-5-11-24/h6-9,12,14-15,24,26-27H,3-5,10-11,13,16-18H2,1-2H3. The van der Waals surface area contributed by atoms with Crippen LogP contribution >= 0.6 is 0 Å². The molecule has 2 aliphatic heterocycles. The maximum Gasteiger partial charge on any atom is 0.233 e. The molecule has 2 amide bonds. The van der Waals surface area contributed by atoms with Gasteiger partial charge in [-0.2, -0.15) is 0 Å². The first-order valence-corrected chi connectivity index (χ1v) is 13.0. The maximum atomic E-state index is 13.4. The molecule has 4 heteroatoms. The van der Waals surface area contributed by atoms with E-state index in [-0.39, 0.29) is 29.7 Å². The van der Waals surface area contributed by atoms with Crippen molar-refractivity contribution in [3.05, 3.63) is 70.3 Å². The molecule has 2 aromatic rings. The Balaban J connectivity index is 1.24. The molecule has 0 bridgehead atoms. The van der Waals surface area contributed by atoms with Crippen LogP contribution in [0, 0.1) is 25.7 Å². The molecule has 2 unspecified atom stereocenters. The van der Waals surface area contributed by atoms with Crippen molar-refractivity contribution in [3.8, 4) is 0 Å². The first-order chi connectivity index (χ1) is 16.5. The van der Waals surface area contributed by atoms with Gasteiger partial charge in [-0.25, -0.2) is 0 Å². The lowest BCUT2D eigenvalue weighted by Crippen LogP contribution is -2.41. The molecule has 176 valence electrons. The van der Waals surface area contributed by atoms with E-state index in [1.807, 2.05) is 0 Å². The maximum absolute atomic E-state index is 13.4. The summed E-state index contributed by atoms with van der Waals surface area (Å²) >= 11 is 0. The van der Waals surface area contributed by atoms with E-state index in [0.29, 0.717) is 12.8 Å². The number of carbonyl (C=O) groups is 2. The van der Waals surface area contributed by atoms with Crippen molar-refractivity contribution in [1.82, 2.24) is 4.90 Å². The first kappa shape index (κ1) is 21.6. The van der Waals surface area contributed by atoms with Gasteiger partial charge in [-0.05, 0) is 85.1 Å². The van der Waals surface area contributed by atoms with Gasteiger partial charge in [-0.15, -0.1) is 0 Å². The van der Waals surface area contributed by atoms with Crippen LogP contribution in [0.3, 0.4) is 0 Å². The first-order valence-electron chi connectivity index (χ1n) is 13.0. The highest BCUT2D eigenvalue weighted by atomic mass is 16.2. The summed E-state index contributed by atoms with van der Waals surface area (Å²) in [6, 6.07) is 13.4. The summed E-state index contributed by atoms with van der Waals surface area (Å²) in [4.78, 5) is 30.7. The number of rotatable bonds is 3. The number of hydrogen-bond acceptors (Lipinski definition) is 3. The molecule has 1 saturated heterocycles. The third-order valence-electron chi connectivity index (χ3n) is 8.64. The molecule has 2 heterocycles. The lowest BCUT2D eigenvalue weighted by Gasteiger charge is -2.29. The van der Waals surface area contributed by atoms with Crippen LogP contribution in [0.25, 0.3) is 5.57 Å². The minimum Gasteiger partial charge on any atom is -0.363 e. The molecule has 6 rings (SSSR count). The molecule has 0 radical (unpaired) electrons. The number of nitrogens with zero attached hydrogens (tertiary/aromatic N) is 2. The Morgan fingerprint density at radius 2 is 1.44 bits per heavy atom. The molecular formula is C30H34N2O2. The van der Waals surface area contributed by atoms with E-state index < -0.39 is 0 Å². The van der Waals surface area contributed by atoms with Gasteiger partial charge in [0.1, 0.15) is 0 Å². The van der Waals surface area contributed by atoms with Crippen molar-refractivity contribution in [2.45, 2.75) is 77.9 Å². The summed E-state index contributed by atoms with van der Waals surface area (Å²) in [5, 5.41) is 0. The van der Waals surface area contributed by atoms with Gasteiger partial charge in [-0.1, -0.05) is 49.6 Å². The minimum absolute atomic E-state index is 0.0919. The van der Waals surface area contributed by atoms with E-state index in [1.54, 1.807) is 4.90 Å². The van der Waals surface area contributed by atoms with Crippen LogP contribution < -0.4 is 4.90 Å². The quantitative estimate of drug-likeness (QED) is 0.539. The summed E-state index contributed by atoms with van der Waals surface area (Å²) in [5.74, 6) is -0.147. The number of benzene rings is 2. The Bertz CT molecular complexity index is 1140. The number of allylic oxidation sites excluding steroid dienone is 2. The molecule has 2 aromatic carbocycles. The Kier molecular flexibility index (Phi) is 5.35. The van der Waals surface area contributed by atoms with Gasteiger partial charge in [0.15, 0.2) is 0 Å². The van der Waals surface area contributed by atoms with E-state index >= 15 is 0 Å². The number of fused-ring (bicyclic) bond motifs is 2. The fraction of sp³-hybridized carbons (Fsp3) is 0.467. The van der Waals surface area contributed by atoms with Gasteiger partial charge < -0.3 is 4.90 Å². The molecule has 0 aromatic heterocycles. The second-order valence-corrected chi connectivity index (χ2v) is 10.8. The zero-order valence-corrected chi connectivity index (χ0v) is 20.3. The summed E-state index contributed by atoms with van der Waals surface area (Å²) in [5.41, 5.74) is 9.13. The third-order valence-corrected chi connectivity index (χ3v) is 8.64. The number of imide groups is 1. The van der Waals surface area contributed by atoms with E-state index in [0.717, 1.165) is 38.8 Å². The lowest BCUT2D eigenvalue weighted by atomic mass is 9.77. The average Bonchev–Trinajstić information content (AvgIpc) is 3.38. The molecule has 1 saturated carbocycles. The Morgan fingerprint density at radius 3 is 2.09 bits per heavy atom. The fourth-order valence-electron chi connectivity index (χ4n) is 6.94. The highest BCUT2D eigenvalue weighted by Crippen LogP contribution is 2.44. The smallest absolute Gasteiger partial charge is 0.233 e. The SMILES string of the molecule is Cc1cc(N2Cc3ccccc3C2)cc(C)c1C1=CCC2C(=O)N(C3CCCCC3)C(=O)C2C1. The van der Waals surface area contributed by atoms with Crippen LogP contribution in [0.15, 0.2) is 42.5 Å². The molecule has 2 fully saturated rings. The number of aryl methyl sites for hydroxylation is 2. The third kappa shape index (κ3) is 3.50. The summed E-state index contributed by atoms with van der Waals surface area (Å²) in [6.07, 6.45) is 9.08. The van der Waals surface area contributed by atoms with Crippen LogP contribution in [-0.4, -0.2) is 22.8 Å². The predicted octanol–water partition coefficient (Wildman–Crippen LogP) is 5.93. The zero-order chi connectivity index (χ0) is 23.4. The highest BCUT2D eigenvalue weighted by molar-refractivity contribution is 6.06. The van der Waals surface area contributed by atoms with Crippen molar-refractivity contribution < 1.29 is 9.59 Å². The van der Waals surface area contributed by atoms with Gasteiger partial charge in [0.2, 0.25) is 11.8 Å². The van der Waals surface area contributed by atoms with Crippen molar-refractivity contribution in [1.29, 1.82) is 0 Å². The zero-order valence-electron chi connectivity index (χ0n) is 20.3. The van der Waals surface area contributed by atoms with Gasteiger partial charge in [-0.3, -0.25) is 14.5 Å². The molecule has 2 aliphatic carbocycles. The normalized spacial score (nSPS) is 24.9. The number of anilines is 1. The van der Waals surface area contributed by atoms with Crippen molar-refractivity contribution in [3.63, 3.8) is 0 Å². The second kappa shape index (κ2) is 8.41. The van der Waals surface area contributed by atoms with Gasteiger partial charge in [0, 0.05) is 24.8 Å². The molecule has 0 N–H and O–H groups in total. The average molecular weight is 455 g/mol. The van der Waals surface area contributed by atoms with Crippen LogP contribution in [0.4, 0.5) is 5.69 Å². The highest BCUT2D eigenvalue weighted by Gasteiger charge is 2.50. The predicted molar refractivity (Wildman–Crippen MR) is 135 cm³/mol. The second-order valence-electron chi connectivity index (χ2n) is 10.8. The van der Waals surface area contributed by atoms with E-state index in [9.17, 15) is 9.59 Å². The summed E-state index contributed by atoms with van der Waals surface area (Å²) in [7, 11) is 0. The number of likely N-dealkylation sites (tertiary alicyclic amines) is 1. The largest absolute Gasteiger partial charge is 0.363 e. The fourth-order valence-corrected chi connectivity index (χ4v) is 6.94. The molecular weight excluding hydrogens is 420 g/mol. The van der Waals surface area contributed by atoms with Crippen molar-refractivity contribution >= 4 is 23.1 Å². The van der Waals surface area contributed by atoms with E-state index in [2.05, 4.69) is 61.2 Å². The van der Waals surface area contributed by atoms with E-state index in [4.69, 9.17) is 0 Å². The molecule has 34 heavy (non-hydrogen) atoms. The van der Waals surface area contributed by atoms with Gasteiger partial charge >= 0.3 is 0 Å². The number of amides is 2. The van der Waals surface area contributed by atoms with Crippen LogP contribution in [-0.2, 0) is 22.7 Å². The van der Waals surface area contributed by atoms with Crippen LogP contribution in [0.5, 0.6) is 0 Å². The van der Waals surface area contributed by atoms with Crippen LogP contribution in [0.1, 0.15) is 72.8 Å². The summed E-state index contributed by atoms with van der Waals surface area (Å²) in [6.45, 7) is 6.29. The molecule has 2 atom stereocenters. The monoisotopic (exact) mass is 454 g/mol. The molecule has 4 aliphatic rings. The van der Waals surface area contributed by atoms with Crippen molar-refractivity contribution in [2.75, 3.05) is 4.90 Å². The minimum atomic E-state index is -0.180. The number of hydrogen-bond donors (Lipinski definition) is 0. The van der Waals surface area contributed by atoms with Gasteiger partial charge in [0.25, 0.3) is 0 Å². The summed E-state index contributed by atoms with van der Waals surface area (Å²) < 4.78 is 0. The van der Waals surface area contributed by atoms with Gasteiger partial charge in [0.05, 0.1) is 11.8 Å². The Morgan fingerprint density at radius 1 is 0.824 bits per heavy atom. The van der Waals surface area contributed by atoms with Crippen LogP contribution in [0.2, 0.25) is 0 Å². The lowest BCUT2D eigenvalue weighted by molar-refractivity contribution is -0.143. The number of carbonyl (C=O) groups excluding carboxylic acids is 2. The topological polar surface area (TPSA) is 40.6 Å². The molecule has 4 nitrogen and oxygen atoms in total.